The van der Waals surface area contributed by atoms with Gasteiger partial charge in [0.15, 0.2) is 11.6 Å². The SMILES string of the molecule is CCCCCCCCCCOc1c(F)cccc1CNC. The third-order valence-electron chi connectivity index (χ3n) is 3.66. The fourth-order valence-electron chi connectivity index (χ4n) is 2.45. The monoisotopic (exact) mass is 295 g/mol. The summed E-state index contributed by atoms with van der Waals surface area (Å²) in [6, 6.07) is 5.09. The Bertz CT molecular complexity index is 381. The van der Waals surface area contributed by atoms with E-state index in [1.807, 2.05) is 13.1 Å². The summed E-state index contributed by atoms with van der Waals surface area (Å²) >= 11 is 0. The van der Waals surface area contributed by atoms with Gasteiger partial charge in [-0.2, -0.15) is 0 Å². The van der Waals surface area contributed by atoms with Gasteiger partial charge in [-0.3, -0.25) is 0 Å². The quantitative estimate of drug-likeness (QED) is 0.544. The third-order valence-corrected chi connectivity index (χ3v) is 3.66. The molecule has 0 bridgehead atoms. The van der Waals surface area contributed by atoms with Gasteiger partial charge in [0, 0.05) is 12.1 Å². The van der Waals surface area contributed by atoms with Gasteiger partial charge in [0.1, 0.15) is 0 Å². The van der Waals surface area contributed by atoms with Crippen molar-refractivity contribution in [3.8, 4) is 5.75 Å². The van der Waals surface area contributed by atoms with Gasteiger partial charge in [-0.1, -0.05) is 64.0 Å². The molecule has 120 valence electrons. The van der Waals surface area contributed by atoms with Crippen LogP contribution < -0.4 is 10.1 Å². The molecule has 1 N–H and O–H groups in total. The molecule has 0 aliphatic carbocycles. The fourth-order valence-corrected chi connectivity index (χ4v) is 2.45. The normalized spacial score (nSPS) is 10.8. The summed E-state index contributed by atoms with van der Waals surface area (Å²) in [6.45, 7) is 3.47. The van der Waals surface area contributed by atoms with Crippen molar-refractivity contribution < 1.29 is 9.13 Å². The first-order valence-corrected chi connectivity index (χ1v) is 8.34. The van der Waals surface area contributed by atoms with Crippen LogP contribution in [0.25, 0.3) is 0 Å². The maximum atomic E-state index is 13.8. The van der Waals surface area contributed by atoms with Crippen LogP contribution in [0.5, 0.6) is 5.75 Å². The van der Waals surface area contributed by atoms with E-state index < -0.39 is 0 Å². The van der Waals surface area contributed by atoms with Crippen molar-refractivity contribution in [3.63, 3.8) is 0 Å². The smallest absolute Gasteiger partial charge is 0.165 e. The number of ether oxygens (including phenoxy) is 1. The highest BCUT2D eigenvalue weighted by Crippen LogP contribution is 2.23. The second-order valence-corrected chi connectivity index (χ2v) is 5.58. The maximum Gasteiger partial charge on any atom is 0.165 e. The molecule has 1 rings (SSSR count). The van der Waals surface area contributed by atoms with Gasteiger partial charge in [-0.25, -0.2) is 4.39 Å². The second kappa shape index (κ2) is 11.6. The molecule has 0 aliphatic rings. The average molecular weight is 295 g/mol. The largest absolute Gasteiger partial charge is 0.490 e. The van der Waals surface area contributed by atoms with E-state index in [4.69, 9.17) is 4.74 Å². The molecule has 0 aromatic heterocycles. The van der Waals surface area contributed by atoms with E-state index in [1.165, 1.54) is 51.0 Å². The number of unbranched alkanes of at least 4 members (excludes halogenated alkanes) is 7. The van der Waals surface area contributed by atoms with Gasteiger partial charge >= 0.3 is 0 Å². The number of halogens is 1. The minimum atomic E-state index is -0.262. The first kappa shape index (κ1) is 18.0. The van der Waals surface area contributed by atoms with Crippen LogP contribution in [0.3, 0.4) is 0 Å². The summed E-state index contributed by atoms with van der Waals surface area (Å²) in [7, 11) is 1.85. The van der Waals surface area contributed by atoms with Crippen LogP contribution in [0.2, 0.25) is 0 Å². The van der Waals surface area contributed by atoms with Crippen molar-refractivity contribution in [2.75, 3.05) is 13.7 Å². The van der Waals surface area contributed by atoms with Gasteiger partial charge in [-0.05, 0) is 19.5 Å². The standard InChI is InChI=1S/C18H30FNO/c1-3-4-5-6-7-8-9-10-14-21-18-16(15-20-2)12-11-13-17(18)19/h11-13,20H,3-10,14-15H2,1-2H3. The Morgan fingerprint density at radius 1 is 1.00 bits per heavy atom. The fraction of sp³-hybridized carbons (Fsp3) is 0.667. The summed E-state index contributed by atoms with van der Waals surface area (Å²) in [6.07, 6.45) is 10.1. The lowest BCUT2D eigenvalue weighted by Crippen LogP contribution is -2.09. The van der Waals surface area contributed by atoms with Gasteiger partial charge in [0.25, 0.3) is 0 Å². The van der Waals surface area contributed by atoms with Gasteiger partial charge < -0.3 is 10.1 Å². The number of hydrogen-bond acceptors (Lipinski definition) is 2. The Kier molecular flexibility index (Phi) is 9.88. The van der Waals surface area contributed by atoms with Crippen LogP contribution in [0, 0.1) is 5.82 Å². The highest BCUT2D eigenvalue weighted by atomic mass is 19.1. The lowest BCUT2D eigenvalue weighted by Gasteiger charge is -2.12. The first-order chi connectivity index (χ1) is 10.3. The first-order valence-electron chi connectivity index (χ1n) is 8.34. The van der Waals surface area contributed by atoms with Crippen molar-refractivity contribution in [3.05, 3.63) is 29.6 Å². The van der Waals surface area contributed by atoms with Gasteiger partial charge in [0.05, 0.1) is 6.61 Å². The number of nitrogens with one attached hydrogen (secondary N) is 1. The summed E-state index contributed by atoms with van der Waals surface area (Å²) < 4.78 is 19.4. The molecule has 2 nitrogen and oxygen atoms in total. The highest BCUT2D eigenvalue weighted by molar-refractivity contribution is 5.34. The molecule has 0 saturated carbocycles. The van der Waals surface area contributed by atoms with E-state index >= 15 is 0 Å². The Morgan fingerprint density at radius 2 is 1.67 bits per heavy atom. The van der Waals surface area contributed by atoms with E-state index in [0.717, 1.165) is 12.0 Å². The van der Waals surface area contributed by atoms with Crippen LogP contribution in [-0.4, -0.2) is 13.7 Å². The number of rotatable bonds is 12. The van der Waals surface area contributed by atoms with Crippen LogP contribution >= 0.6 is 0 Å². The Morgan fingerprint density at radius 3 is 2.33 bits per heavy atom. The summed E-state index contributed by atoms with van der Waals surface area (Å²) in [4.78, 5) is 0. The van der Waals surface area contributed by atoms with Crippen molar-refractivity contribution in [2.24, 2.45) is 0 Å². The van der Waals surface area contributed by atoms with E-state index in [0.29, 0.717) is 18.9 Å². The molecule has 3 heteroatoms. The highest BCUT2D eigenvalue weighted by Gasteiger charge is 2.08. The predicted octanol–water partition coefficient (Wildman–Crippen LogP) is 5.06. The molecule has 0 spiro atoms. The molecule has 0 fully saturated rings. The summed E-state index contributed by atoms with van der Waals surface area (Å²) in [5, 5.41) is 3.04. The minimum Gasteiger partial charge on any atom is -0.490 e. The molecular formula is C18H30FNO. The predicted molar refractivity (Wildman–Crippen MR) is 87.3 cm³/mol. The van der Waals surface area contributed by atoms with Crippen molar-refractivity contribution in [1.82, 2.24) is 5.32 Å². The molecule has 0 aliphatic heterocycles. The molecule has 0 heterocycles. The number of hydrogen-bond donors (Lipinski definition) is 1. The van der Waals surface area contributed by atoms with E-state index in [-0.39, 0.29) is 5.82 Å². The molecule has 21 heavy (non-hydrogen) atoms. The average Bonchev–Trinajstić information content (AvgIpc) is 2.48. The van der Waals surface area contributed by atoms with Crippen LogP contribution in [0.1, 0.15) is 63.9 Å². The zero-order chi connectivity index (χ0) is 15.3. The summed E-state index contributed by atoms with van der Waals surface area (Å²) in [5.74, 6) is 0.150. The van der Waals surface area contributed by atoms with Crippen LogP contribution in [0.4, 0.5) is 4.39 Å². The van der Waals surface area contributed by atoms with Crippen LogP contribution in [-0.2, 0) is 6.54 Å². The Hall–Kier alpha value is -1.09. The molecule has 0 atom stereocenters. The van der Waals surface area contributed by atoms with Gasteiger partial charge in [0.2, 0.25) is 0 Å². The van der Waals surface area contributed by atoms with E-state index in [1.54, 1.807) is 6.07 Å². The summed E-state index contributed by atoms with van der Waals surface area (Å²) in [5.41, 5.74) is 0.886. The molecule has 1 aromatic carbocycles. The molecule has 0 radical (unpaired) electrons. The zero-order valence-corrected chi connectivity index (χ0v) is 13.6. The minimum absolute atomic E-state index is 0.262. The molecular weight excluding hydrogens is 265 g/mol. The maximum absolute atomic E-state index is 13.8. The van der Waals surface area contributed by atoms with Crippen molar-refractivity contribution >= 4 is 0 Å². The Balaban J connectivity index is 2.18. The lowest BCUT2D eigenvalue weighted by molar-refractivity contribution is 0.286. The molecule has 1 aromatic rings. The number of benzene rings is 1. The molecule has 0 unspecified atom stereocenters. The third kappa shape index (κ3) is 7.47. The van der Waals surface area contributed by atoms with Crippen LogP contribution in [0.15, 0.2) is 18.2 Å². The molecule has 0 amide bonds. The van der Waals surface area contributed by atoms with Crippen molar-refractivity contribution in [2.45, 2.75) is 64.8 Å². The van der Waals surface area contributed by atoms with Gasteiger partial charge in [-0.15, -0.1) is 0 Å². The zero-order valence-electron chi connectivity index (χ0n) is 13.6. The molecule has 0 saturated heterocycles. The van der Waals surface area contributed by atoms with Crippen molar-refractivity contribution in [1.29, 1.82) is 0 Å². The lowest BCUT2D eigenvalue weighted by atomic mass is 10.1. The topological polar surface area (TPSA) is 21.3 Å². The van der Waals surface area contributed by atoms with E-state index in [2.05, 4.69) is 12.2 Å². The number of para-hydroxylation sites is 1. The Labute approximate surface area is 129 Å². The second-order valence-electron chi connectivity index (χ2n) is 5.58. The van der Waals surface area contributed by atoms with E-state index in [9.17, 15) is 4.39 Å².